The van der Waals surface area contributed by atoms with Crippen molar-refractivity contribution in [3.05, 3.63) is 77.9 Å². The van der Waals surface area contributed by atoms with Crippen molar-refractivity contribution in [2.45, 2.75) is 18.9 Å². The van der Waals surface area contributed by atoms with Crippen LogP contribution in [-0.2, 0) is 0 Å². The van der Waals surface area contributed by atoms with Gasteiger partial charge in [0.05, 0.1) is 11.8 Å². The number of halogens is 1. The van der Waals surface area contributed by atoms with Gasteiger partial charge in [-0.15, -0.1) is 0 Å². The maximum Gasteiger partial charge on any atom is 0.273 e. The fraction of sp³-hybridized carbons (Fsp3) is 0.227. The third-order valence-corrected chi connectivity index (χ3v) is 5.12. The predicted octanol–water partition coefficient (Wildman–Crippen LogP) is 2.50. The van der Waals surface area contributed by atoms with Gasteiger partial charge in [-0.3, -0.25) is 14.4 Å². The van der Waals surface area contributed by atoms with E-state index in [0.29, 0.717) is 31.5 Å². The highest BCUT2D eigenvalue weighted by Gasteiger charge is 2.26. The van der Waals surface area contributed by atoms with Gasteiger partial charge in [0.15, 0.2) is 11.5 Å². The van der Waals surface area contributed by atoms with Crippen molar-refractivity contribution in [2.75, 3.05) is 18.4 Å². The number of hydrogen-bond donors (Lipinski definition) is 2. The molecule has 0 bridgehead atoms. The number of anilines is 1. The molecular weight excluding hydrogens is 417 g/mol. The van der Waals surface area contributed by atoms with Crippen LogP contribution in [0.25, 0.3) is 0 Å². The summed E-state index contributed by atoms with van der Waals surface area (Å²) < 4.78 is 18.3. The van der Waals surface area contributed by atoms with E-state index in [1.165, 1.54) is 49.2 Å². The summed E-state index contributed by atoms with van der Waals surface area (Å²) in [6.45, 7) is 0.843. The Hall–Kier alpha value is -4.08. The molecule has 2 aromatic heterocycles. The molecule has 2 N–H and O–H groups in total. The third kappa shape index (κ3) is 4.80. The summed E-state index contributed by atoms with van der Waals surface area (Å²) in [7, 11) is 0. The molecule has 1 aromatic carbocycles. The van der Waals surface area contributed by atoms with E-state index in [1.54, 1.807) is 11.0 Å². The van der Waals surface area contributed by atoms with Gasteiger partial charge in [-0.25, -0.2) is 14.4 Å². The molecule has 10 heteroatoms. The number of rotatable bonds is 5. The van der Waals surface area contributed by atoms with Gasteiger partial charge in [0.2, 0.25) is 0 Å². The number of piperidine rings is 1. The van der Waals surface area contributed by atoms with E-state index in [1.807, 2.05) is 0 Å². The average Bonchev–Trinajstić information content (AvgIpc) is 3.35. The summed E-state index contributed by atoms with van der Waals surface area (Å²) in [6, 6.07) is 6.88. The van der Waals surface area contributed by atoms with Crippen molar-refractivity contribution >= 4 is 23.5 Å². The van der Waals surface area contributed by atoms with Crippen LogP contribution in [0.15, 0.2) is 59.7 Å². The summed E-state index contributed by atoms with van der Waals surface area (Å²) in [4.78, 5) is 47.3. The monoisotopic (exact) mass is 437 g/mol. The van der Waals surface area contributed by atoms with Gasteiger partial charge in [-0.1, -0.05) is 6.07 Å². The summed E-state index contributed by atoms with van der Waals surface area (Å²) in [5.74, 6) is -1.62. The van der Waals surface area contributed by atoms with Gasteiger partial charge in [-0.2, -0.15) is 0 Å². The number of nitrogens with one attached hydrogen (secondary N) is 2. The SMILES string of the molecule is O=C(Nc1nccnc1C(=O)NC1CCN(C(=O)c2cccc(F)c2)CC1)c1ccoc1. The first kappa shape index (κ1) is 21.2. The topological polar surface area (TPSA) is 117 Å². The van der Waals surface area contributed by atoms with Crippen LogP contribution >= 0.6 is 0 Å². The van der Waals surface area contributed by atoms with Crippen LogP contribution in [-0.4, -0.2) is 51.7 Å². The molecule has 0 saturated carbocycles. The molecular formula is C22H20FN5O4. The first-order valence-electron chi connectivity index (χ1n) is 10.0. The first-order chi connectivity index (χ1) is 15.5. The molecule has 1 aliphatic rings. The zero-order valence-electron chi connectivity index (χ0n) is 17.0. The van der Waals surface area contributed by atoms with E-state index in [-0.39, 0.29) is 29.0 Å². The number of carbonyl (C=O) groups excluding carboxylic acids is 3. The Morgan fingerprint density at radius 3 is 2.53 bits per heavy atom. The van der Waals surface area contributed by atoms with Crippen molar-refractivity contribution in [3.8, 4) is 0 Å². The number of hydrogen-bond acceptors (Lipinski definition) is 6. The Morgan fingerprint density at radius 1 is 1.03 bits per heavy atom. The van der Waals surface area contributed by atoms with Crippen LogP contribution in [0, 0.1) is 5.82 Å². The largest absolute Gasteiger partial charge is 0.472 e. The Balaban J connectivity index is 1.35. The molecule has 4 rings (SSSR count). The Labute approximate surface area is 182 Å². The van der Waals surface area contributed by atoms with E-state index in [0.717, 1.165) is 0 Å². The van der Waals surface area contributed by atoms with Crippen LogP contribution in [0.1, 0.15) is 44.0 Å². The number of nitrogens with zero attached hydrogens (tertiary/aromatic N) is 3. The number of aromatic nitrogens is 2. The Kier molecular flexibility index (Phi) is 6.20. The molecule has 0 unspecified atom stereocenters. The second-order valence-electron chi connectivity index (χ2n) is 7.27. The molecule has 3 heterocycles. The van der Waals surface area contributed by atoms with E-state index in [9.17, 15) is 18.8 Å². The lowest BCUT2D eigenvalue weighted by atomic mass is 10.0. The highest BCUT2D eigenvalue weighted by molar-refractivity contribution is 6.07. The number of likely N-dealkylation sites (tertiary alicyclic amines) is 1. The molecule has 1 saturated heterocycles. The minimum absolute atomic E-state index is 0.0115. The van der Waals surface area contributed by atoms with Crippen molar-refractivity contribution in [1.82, 2.24) is 20.2 Å². The molecule has 1 aliphatic heterocycles. The predicted molar refractivity (Wildman–Crippen MR) is 111 cm³/mol. The van der Waals surface area contributed by atoms with Crippen LogP contribution in [0.5, 0.6) is 0 Å². The van der Waals surface area contributed by atoms with Crippen LogP contribution < -0.4 is 10.6 Å². The van der Waals surface area contributed by atoms with E-state index in [4.69, 9.17) is 4.42 Å². The lowest BCUT2D eigenvalue weighted by Crippen LogP contribution is -2.46. The number of amides is 3. The minimum Gasteiger partial charge on any atom is -0.472 e. The van der Waals surface area contributed by atoms with E-state index < -0.39 is 17.6 Å². The highest BCUT2D eigenvalue weighted by atomic mass is 19.1. The van der Waals surface area contributed by atoms with Gasteiger partial charge in [0.25, 0.3) is 17.7 Å². The quantitative estimate of drug-likeness (QED) is 0.633. The van der Waals surface area contributed by atoms with Gasteiger partial charge >= 0.3 is 0 Å². The third-order valence-electron chi connectivity index (χ3n) is 5.12. The molecule has 9 nitrogen and oxygen atoms in total. The average molecular weight is 437 g/mol. The minimum atomic E-state index is -0.476. The van der Waals surface area contributed by atoms with Crippen LogP contribution in [0.2, 0.25) is 0 Å². The molecule has 32 heavy (non-hydrogen) atoms. The van der Waals surface area contributed by atoms with Crippen molar-refractivity contribution in [1.29, 1.82) is 0 Å². The molecule has 0 atom stereocenters. The van der Waals surface area contributed by atoms with Crippen LogP contribution in [0.4, 0.5) is 10.2 Å². The summed E-state index contributed by atoms with van der Waals surface area (Å²) in [5, 5.41) is 5.44. The zero-order chi connectivity index (χ0) is 22.5. The fourth-order valence-corrected chi connectivity index (χ4v) is 3.45. The second-order valence-corrected chi connectivity index (χ2v) is 7.27. The molecule has 0 radical (unpaired) electrons. The first-order valence-corrected chi connectivity index (χ1v) is 10.0. The Morgan fingerprint density at radius 2 is 1.81 bits per heavy atom. The maximum absolute atomic E-state index is 13.4. The number of benzene rings is 1. The molecule has 0 aliphatic carbocycles. The summed E-state index contributed by atoms with van der Waals surface area (Å²) in [6.07, 6.45) is 6.45. The standard InChI is InChI=1S/C22H20FN5O4/c23-16-3-1-2-14(12-16)22(31)28-9-4-17(5-10-28)26-21(30)18-19(25-8-7-24-18)27-20(29)15-6-11-32-13-15/h1-3,6-8,11-13,17H,4-5,9-10H2,(H,26,30)(H,25,27,29). The summed E-state index contributed by atoms with van der Waals surface area (Å²) >= 11 is 0. The molecule has 164 valence electrons. The smallest absolute Gasteiger partial charge is 0.273 e. The molecule has 3 amide bonds. The van der Waals surface area contributed by atoms with Crippen molar-refractivity contribution in [3.63, 3.8) is 0 Å². The fourth-order valence-electron chi connectivity index (χ4n) is 3.45. The van der Waals surface area contributed by atoms with E-state index >= 15 is 0 Å². The number of carbonyl (C=O) groups is 3. The van der Waals surface area contributed by atoms with Gasteiger partial charge < -0.3 is 20.0 Å². The van der Waals surface area contributed by atoms with Gasteiger partial charge in [0.1, 0.15) is 12.1 Å². The Bertz CT molecular complexity index is 1130. The summed E-state index contributed by atoms with van der Waals surface area (Å²) in [5.41, 5.74) is 0.574. The second kappa shape index (κ2) is 9.38. The van der Waals surface area contributed by atoms with Gasteiger partial charge in [0, 0.05) is 37.1 Å². The molecule has 3 aromatic rings. The van der Waals surface area contributed by atoms with E-state index in [2.05, 4.69) is 20.6 Å². The lowest BCUT2D eigenvalue weighted by Gasteiger charge is -2.32. The van der Waals surface area contributed by atoms with Crippen molar-refractivity contribution in [2.24, 2.45) is 0 Å². The van der Waals surface area contributed by atoms with Crippen LogP contribution in [0.3, 0.4) is 0 Å². The number of furan rings is 1. The highest BCUT2D eigenvalue weighted by Crippen LogP contribution is 2.17. The zero-order valence-corrected chi connectivity index (χ0v) is 17.0. The lowest BCUT2D eigenvalue weighted by molar-refractivity contribution is 0.0697. The maximum atomic E-state index is 13.4. The van der Waals surface area contributed by atoms with Gasteiger partial charge in [-0.05, 0) is 37.1 Å². The van der Waals surface area contributed by atoms with Crippen molar-refractivity contribution < 1.29 is 23.2 Å². The molecule has 1 fully saturated rings. The molecule has 0 spiro atoms. The normalized spacial score (nSPS) is 14.1.